The predicted octanol–water partition coefficient (Wildman–Crippen LogP) is 2.02. The van der Waals surface area contributed by atoms with Gasteiger partial charge in [0.15, 0.2) is 11.6 Å². The number of phenolic OH excluding ortho intramolecular Hbond substituents is 1. The van der Waals surface area contributed by atoms with Gasteiger partial charge in [0.05, 0.1) is 19.8 Å². The number of rotatable bonds is 3. The molecule has 1 N–H and O–H groups in total. The standard InChI is InChI=1S/C16H14FNO5/c1-22-15(20)11-5-3-4-8-18(14(11)16(21)23-2)10-6-7-13(19)12(17)9-10/h3-9,19H,1-2H3. The zero-order valence-electron chi connectivity index (χ0n) is 12.4. The summed E-state index contributed by atoms with van der Waals surface area (Å²) in [6, 6.07) is 3.57. The summed E-state index contributed by atoms with van der Waals surface area (Å²) in [5.41, 5.74) is 0.0503. The molecule has 0 fully saturated rings. The summed E-state index contributed by atoms with van der Waals surface area (Å²) in [5.74, 6) is -2.93. The predicted molar refractivity (Wildman–Crippen MR) is 79.9 cm³/mol. The van der Waals surface area contributed by atoms with Crippen LogP contribution in [-0.2, 0) is 19.1 Å². The Morgan fingerprint density at radius 2 is 1.83 bits per heavy atom. The SMILES string of the molecule is COC(=O)C1=C(C(=O)OC)N(c2ccc(O)c(F)c2)C=CC=C1. The van der Waals surface area contributed by atoms with Gasteiger partial charge in [0, 0.05) is 18.0 Å². The highest BCUT2D eigenvalue weighted by molar-refractivity contribution is 6.05. The van der Waals surface area contributed by atoms with E-state index in [1.54, 1.807) is 6.08 Å². The number of methoxy groups -OCH3 is 2. The molecule has 1 aliphatic heterocycles. The lowest BCUT2D eigenvalue weighted by molar-refractivity contribution is -0.139. The molecular formula is C16H14FNO5. The van der Waals surface area contributed by atoms with Crippen LogP contribution in [0.1, 0.15) is 0 Å². The van der Waals surface area contributed by atoms with E-state index in [-0.39, 0.29) is 17.0 Å². The Morgan fingerprint density at radius 3 is 2.43 bits per heavy atom. The Labute approximate surface area is 131 Å². The van der Waals surface area contributed by atoms with Crippen LogP contribution >= 0.6 is 0 Å². The molecule has 23 heavy (non-hydrogen) atoms. The third kappa shape index (κ3) is 3.23. The van der Waals surface area contributed by atoms with Crippen LogP contribution in [0.5, 0.6) is 5.75 Å². The number of benzene rings is 1. The van der Waals surface area contributed by atoms with Crippen LogP contribution in [0.15, 0.2) is 53.9 Å². The van der Waals surface area contributed by atoms with E-state index in [9.17, 15) is 19.1 Å². The fourth-order valence-corrected chi connectivity index (χ4v) is 2.01. The number of ether oxygens (including phenoxy) is 2. The monoisotopic (exact) mass is 319 g/mol. The molecule has 0 bridgehead atoms. The van der Waals surface area contributed by atoms with Crippen molar-refractivity contribution in [1.29, 1.82) is 0 Å². The molecule has 0 radical (unpaired) electrons. The normalized spacial score (nSPS) is 13.8. The minimum atomic E-state index is -0.864. The van der Waals surface area contributed by atoms with Crippen molar-refractivity contribution in [1.82, 2.24) is 0 Å². The van der Waals surface area contributed by atoms with E-state index in [1.165, 1.54) is 36.4 Å². The Bertz CT molecular complexity index is 736. The van der Waals surface area contributed by atoms with Gasteiger partial charge in [-0.2, -0.15) is 0 Å². The molecule has 0 unspecified atom stereocenters. The number of nitrogens with zero attached hydrogens (tertiary/aromatic N) is 1. The maximum atomic E-state index is 13.6. The molecule has 120 valence electrons. The van der Waals surface area contributed by atoms with E-state index in [4.69, 9.17) is 4.74 Å². The van der Waals surface area contributed by atoms with Crippen molar-refractivity contribution in [2.24, 2.45) is 0 Å². The second-order valence-electron chi connectivity index (χ2n) is 4.45. The fraction of sp³-hybridized carbons (Fsp3) is 0.125. The van der Waals surface area contributed by atoms with Crippen molar-refractivity contribution in [3.63, 3.8) is 0 Å². The minimum Gasteiger partial charge on any atom is -0.505 e. The molecule has 7 heteroatoms. The lowest BCUT2D eigenvalue weighted by Gasteiger charge is -2.23. The van der Waals surface area contributed by atoms with Crippen LogP contribution in [0, 0.1) is 5.82 Å². The lowest BCUT2D eigenvalue weighted by Crippen LogP contribution is -2.27. The van der Waals surface area contributed by atoms with Crippen molar-refractivity contribution in [2.75, 3.05) is 19.1 Å². The molecule has 0 aromatic heterocycles. The first-order chi connectivity index (χ1) is 11.0. The number of halogens is 1. The maximum Gasteiger partial charge on any atom is 0.355 e. The summed E-state index contributed by atoms with van der Waals surface area (Å²) >= 11 is 0. The molecular weight excluding hydrogens is 305 g/mol. The van der Waals surface area contributed by atoms with E-state index < -0.39 is 23.5 Å². The van der Waals surface area contributed by atoms with E-state index in [1.807, 2.05) is 0 Å². The lowest BCUT2D eigenvalue weighted by atomic mass is 10.1. The largest absolute Gasteiger partial charge is 0.505 e. The first-order valence-electron chi connectivity index (χ1n) is 6.53. The number of hydrogen-bond acceptors (Lipinski definition) is 6. The average Bonchev–Trinajstić information content (AvgIpc) is 2.78. The molecule has 2 rings (SSSR count). The van der Waals surface area contributed by atoms with Crippen molar-refractivity contribution < 1.29 is 28.6 Å². The summed E-state index contributed by atoms with van der Waals surface area (Å²) in [6.07, 6.45) is 5.95. The van der Waals surface area contributed by atoms with Gasteiger partial charge in [-0.3, -0.25) is 0 Å². The zero-order valence-corrected chi connectivity index (χ0v) is 12.4. The van der Waals surface area contributed by atoms with Crippen LogP contribution in [0.3, 0.4) is 0 Å². The summed E-state index contributed by atoms with van der Waals surface area (Å²) in [7, 11) is 2.35. The van der Waals surface area contributed by atoms with Gasteiger partial charge in [0.1, 0.15) is 5.70 Å². The average molecular weight is 319 g/mol. The van der Waals surface area contributed by atoms with E-state index in [0.717, 1.165) is 19.2 Å². The van der Waals surface area contributed by atoms with Crippen molar-refractivity contribution in [2.45, 2.75) is 0 Å². The van der Waals surface area contributed by atoms with Crippen molar-refractivity contribution in [3.05, 3.63) is 59.7 Å². The Balaban J connectivity index is 2.65. The smallest absolute Gasteiger partial charge is 0.355 e. The minimum absolute atomic E-state index is 0.0437. The second-order valence-corrected chi connectivity index (χ2v) is 4.45. The van der Waals surface area contributed by atoms with Crippen molar-refractivity contribution >= 4 is 17.6 Å². The van der Waals surface area contributed by atoms with Gasteiger partial charge < -0.3 is 19.5 Å². The second kappa shape index (κ2) is 6.78. The van der Waals surface area contributed by atoms with Gasteiger partial charge in [-0.15, -0.1) is 0 Å². The van der Waals surface area contributed by atoms with Crippen molar-refractivity contribution in [3.8, 4) is 5.75 Å². The van der Waals surface area contributed by atoms with Gasteiger partial charge >= 0.3 is 11.9 Å². The van der Waals surface area contributed by atoms with Gasteiger partial charge in [0.2, 0.25) is 0 Å². The number of phenols is 1. The van der Waals surface area contributed by atoms with Gasteiger partial charge in [-0.05, 0) is 24.3 Å². The van der Waals surface area contributed by atoms with Crippen LogP contribution in [0.4, 0.5) is 10.1 Å². The molecule has 0 atom stereocenters. The highest BCUT2D eigenvalue weighted by Gasteiger charge is 2.27. The molecule has 0 amide bonds. The molecule has 1 aliphatic rings. The molecule has 1 aromatic carbocycles. The molecule has 1 heterocycles. The number of aromatic hydroxyl groups is 1. The highest BCUT2D eigenvalue weighted by atomic mass is 19.1. The quantitative estimate of drug-likeness (QED) is 0.859. The van der Waals surface area contributed by atoms with Crippen LogP contribution < -0.4 is 4.90 Å². The van der Waals surface area contributed by atoms with E-state index in [0.29, 0.717) is 0 Å². The number of carbonyl (C=O) groups is 2. The molecule has 6 nitrogen and oxygen atoms in total. The third-order valence-corrected chi connectivity index (χ3v) is 3.10. The number of carbonyl (C=O) groups excluding carboxylic acids is 2. The van der Waals surface area contributed by atoms with E-state index in [2.05, 4.69) is 4.74 Å². The van der Waals surface area contributed by atoms with Gasteiger partial charge in [0.25, 0.3) is 0 Å². The summed E-state index contributed by atoms with van der Waals surface area (Å²) in [5, 5.41) is 9.30. The first-order valence-corrected chi connectivity index (χ1v) is 6.53. The number of anilines is 1. The molecule has 0 saturated heterocycles. The molecule has 0 aliphatic carbocycles. The maximum absolute atomic E-state index is 13.6. The van der Waals surface area contributed by atoms with Gasteiger partial charge in [-0.25, -0.2) is 14.0 Å². The van der Waals surface area contributed by atoms with Crippen LogP contribution in [0.2, 0.25) is 0 Å². The number of hydrogen-bond donors (Lipinski definition) is 1. The topological polar surface area (TPSA) is 76.1 Å². The van der Waals surface area contributed by atoms with E-state index >= 15 is 0 Å². The number of esters is 2. The van der Waals surface area contributed by atoms with Gasteiger partial charge in [-0.1, -0.05) is 6.08 Å². The Hall–Kier alpha value is -3.09. The Morgan fingerprint density at radius 1 is 1.13 bits per heavy atom. The highest BCUT2D eigenvalue weighted by Crippen LogP contribution is 2.29. The third-order valence-electron chi connectivity index (χ3n) is 3.10. The molecule has 0 saturated carbocycles. The first kappa shape index (κ1) is 16.3. The summed E-state index contributed by atoms with van der Waals surface area (Å²) < 4.78 is 23.0. The molecule has 0 spiro atoms. The van der Waals surface area contributed by atoms with Crippen LogP contribution in [0.25, 0.3) is 0 Å². The number of allylic oxidation sites excluding steroid dienone is 2. The van der Waals surface area contributed by atoms with Crippen LogP contribution in [-0.4, -0.2) is 31.3 Å². The summed E-state index contributed by atoms with van der Waals surface area (Å²) in [6.45, 7) is 0. The molecule has 1 aromatic rings. The zero-order chi connectivity index (χ0) is 17.0. The summed E-state index contributed by atoms with van der Waals surface area (Å²) in [4.78, 5) is 25.4. The fourth-order valence-electron chi connectivity index (χ4n) is 2.01. The Kier molecular flexibility index (Phi) is 4.80.